The van der Waals surface area contributed by atoms with E-state index in [0.717, 1.165) is 41.5 Å². The van der Waals surface area contributed by atoms with Gasteiger partial charge in [0.2, 0.25) is 10.0 Å². The molecule has 0 unspecified atom stereocenters. The Bertz CT molecular complexity index is 1050. The van der Waals surface area contributed by atoms with E-state index in [1.807, 2.05) is 32.0 Å². The molecule has 0 spiro atoms. The SMILES string of the molecule is Cc1ccc(S(=O)(=O)N2CCN(Cc3nc(-c4cccs4)cs3)CC2)c(C)c1. The number of thiophene rings is 1. The fourth-order valence-corrected chi connectivity index (χ4v) is 6.69. The molecule has 1 aliphatic heterocycles. The highest BCUT2D eigenvalue weighted by atomic mass is 32.2. The topological polar surface area (TPSA) is 53.5 Å². The summed E-state index contributed by atoms with van der Waals surface area (Å²) < 4.78 is 27.6. The van der Waals surface area contributed by atoms with Crippen molar-refractivity contribution in [3.8, 4) is 10.6 Å². The molecule has 4 rings (SSSR count). The number of rotatable bonds is 5. The van der Waals surface area contributed by atoms with Gasteiger partial charge in [0.1, 0.15) is 5.01 Å². The summed E-state index contributed by atoms with van der Waals surface area (Å²) >= 11 is 3.37. The Kier molecular flexibility index (Phi) is 5.66. The van der Waals surface area contributed by atoms with Crippen molar-refractivity contribution in [2.24, 2.45) is 0 Å². The van der Waals surface area contributed by atoms with Gasteiger partial charge < -0.3 is 0 Å². The van der Waals surface area contributed by atoms with Crippen LogP contribution in [0.15, 0.2) is 46.0 Å². The van der Waals surface area contributed by atoms with Crippen molar-refractivity contribution in [2.75, 3.05) is 26.2 Å². The first-order valence-corrected chi connectivity index (χ1v) is 12.4. The number of benzene rings is 1. The molecule has 3 aromatic rings. The van der Waals surface area contributed by atoms with E-state index in [4.69, 9.17) is 4.98 Å². The number of nitrogens with zero attached hydrogens (tertiary/aromatic N) is 3. The summed E-state index contributed by atoms with van der Waals surface area (Å²) in [5, 5.41) is 5.24. The zero-order chi connectivity index (χ0) is 19.7. The Morgan fingerprint density at radius 1 is 1.07 bits per heavy atom. The largest absolute Gasteiger partial charge is 0.294 e. The molecule has 0 saturated carbocycles. The van der Waals surface area contributed by atoms with E-state index in [1.165, 1.54) is 4.88 Å². The quantitative estimate of drug-likeness (QED) is 0.610. The van der Waals surface area contributed by atoms with Crippen LogP contribution in [-0.4, -0.2) is 48.8 Å². The third-order valence-electron chi connectivity index (χ3n) is 4.96. The van der Waals surface area contributed by atoms with E-state index >= 15 is 0 Å². The summed E-state index contributed by atoms with van der Waals surface area (Å²) in [5.74, 6) is 0. The Morgan fingerprint density at radius 2 is 1.86 bits per heavy atom. The highest BCUT2D eigenvalue weighted by Gasteiger charge is 2.29. The lowest BCUT2D eigenvalue weighted by Crippen LogP contribution is -2.48. The monoisotopic (exact) mass is 433 g/mol. The van der Waals surface area contributed by atoms with Gasteiger partial charge in [-0.2, -0.15) is 4.31 Å². The highest BCUT2D eigenvalue weighted by Crippen LogP contribution is 2.27. The Hall–Kier alpha value is -1.58. The normalized spacial score (nSPS) is 16.5. The van der Waals surface area contributed by atoms with Gasteiger partial charge in [-0.15, -0.1) is 22.7 Å². The average Bonchev–Trinajstić information content (AvgIpc) is 3.33. The lowest BCUT2D eigenvalue weighted by Gasteiger charge is -2.33. The second kappa shape index (κ2) is 8.04. The van der Waals surface area contributed by atoms with Gasteiger partial charge in [0.05, 0.1) is 22.0 Å². The van der Waals surface area contributed by atoms with E-state index in [0.29, 0.717) is 18.0 Å². The number of hydrogen-bond acceptors (Lipinski definition) is 6. The summed E-state index contributed by atoms with van der Waals surface area (Å²) in [7, 11) is -3.44. The van der Waals surface area contributed by atoms with Crippen LogP contribution < -0.4 is 0 Å². The summed E-state index contributed by atoms with van der Waals surface area (Å²) in [4.78, 5) is 8.63. The minimum absolute atomic E-state index is 0.423. The average molecular weight is 434 g/mol. The number of aromatic nitrogens is 1. The van der Waals surface area contributed by atoms with Crippen molar-refractivity contribution in [2.45, 2.75) is 25.3 Å². The molecule has 2 aromatic heterocycles. The van der Waals surface area contributed by atoms with Crippen molar-refractivity contribution in [3.63, 3.8) is 0 Å². The summed E-state index contributed by atoms with van der Waals surface area (Å²) in [6.07, 6.45) is 0. The van der Waals surface area contributed by atoms with Gasteiger partial charge in [0, 0.05) is 31.6 Å². The standard InChI is InChI=1S/C20H23N3O2S3/c1-15-5-6-19(16(2)12-15)28(24,25)23-9-7-22(8-10-23)13-20-21-17(14-27-20)18-4-3-11-26-18/h3-6,11-12,14H,7-10,13H2,1-2H3. The fraction of sp³-hybridized carbons (Fsp3) is 0.350. The second-order valence-corrected chi connectivity index (χ2v) is 10.8. The summed E-state index contributed by atoms with van der Waals surface area (Å²) in [6.45, 7) is 7.08. The zero-order valence-corrected chi connectivity index (χ0v) is 18.4. The minimum atomic E-state index is -3.44. The van der Waals surface area contributed by atoms with Crippen LogP contribution >= 0.6 is 22.7 Å². The lowest BCUT2D eigenvalue weighted by molar-refractivity contribution is 0.181. The smallest absolute Gasteiger partial charge is 0.243 e. The molecule has 148 valence electrons. The van der Waals surface area contributed by atoms with E-state index in [2.05, 4.69) is 21.7 Å². The van der Waals surface area contributed by atoms with Crippen LogP contribution in [-0.2, 0) is 16.6 Å². The third-order valence-corrected chi connectivity index (χ3v) is 8.75. The highest BCUT2D eigenvalue weighted by molar-refractivity contribution is 7.89. The molecule has 1 fully saturated rings. The van der Waals surface area contributed by atoms with Crippen molar-refractivity contribution < 1.29 is 8.42 Å². The molecule has 1 aromatic carbocycles. The molecule has 8 heteroatoms. The van der Waals surface area contributed by atoms with Crippen LogP contribution in [0.3, 0.4) is 0 Å². The van der Waals surface area contributed by atoms with Gasteiger partial charge in [0.15, 0.2) is 0 Å². The maximum absolute atomic E-state index is 13.0. The van der Waals surface area contributed by atoms with Gasteiger partial charge in [-0.3, -0.25) is 4.90 Å². The van der Waals surface area contributed by atoms with E-state index in [-0.39, 0.29) is 0 Å². The van der Waals surface area contributed by atoms with Crippen LogP contribution in [0.25, 0.3) is 10.6 Å². The minimum Gasteiger partial charge on any atom is -0.294 e. The molecule has 0 aliphatic carbocycles. The molecule has 1 saturated heterocycles. The molecular weight excluding hydrogens is 410 g/mol. The predicted molar refractivity (Wildman–Crippen MR) is 115 cm³/mol. The van der Waals surface area contributed by atoms with Crippen LogP contribution in [0.2, 0.25) is 0 Å². The van der Waals surface area contributed by atoms with Crippen LogP contribution in [0.1, 0.15) is 16.1 Å². The lowest BCUT2D eigenvalue weighted by atomic mass is 10.2. The maximum Gasteiger partial charge on any atom is 0.243 e. The Morgan fingerprint density at radius 3 is 2.54 bits per heavy atom. The molecule has 0 radical (unpaired) electrons. The van der Waals surface area contributed by atoms with Crippen molar-refractivity contribution in [1.82, 2.24) is 14.2 Å². The number of hydrogen-bond donors (Lipinski definition) is 0. The molecule has 0 amide bonds. The Labute approximate surface area is 174 Å². The van der Waals surface area contributed by atoms with Gasteiger partial charge in [-0.05, 0) is 36.9 Å². The predicted octanol–water partition coefficient (Wildman–Crippen LogP) is 3.99. The van der Waals surface area contributed by atoms with Crippen molar-refractivity contribution in [3.05, 3.63) is 57.2 Å². The van der Waals surface area contributed by atoms with Crippen LogP contribution in [0.5, 0.6) is 0 Å². The summed E-state index contributed by atoms with van der Waals surface area (Å²) in [5.41, 5.74) is 2.92. The Balaban J connectivity index is 1.39. The van der Waals surface area contributed by atoms with Crippen LogP contribution in [0.4, 0.5) is 0 Å². The van der Waals surface area contributed by atoms with E-state index < -0.39 is 10.0 Å². The van der Waals surface area contributed by atoms with Crippen LogP contribution in [0, 0.1) is 13.8 Å². The molecular formula is C20H23N3O2S3. The number of aryl methyl sites for hydroxylation is 2. The first kappa shape index (κ1) is 19.7. The van der Waals surface area contributed by atoms with Crippen molar-refractivity contribution in [1.29, 1.82) is 0 Å². The molecule has 1 aliphatic rings. The van der Waals surface area contributed by atoms with Gasteiger partial charge in [-0.25, -0.2) is 13.4 Å². The molecule has 0 bridgehead atoms. The maximum atomic E-state index is 13.0. The fourth-order valence-electron chi connectivity index (χ4n) is 3.47. The molecule has 0 N–H and O–H groups in total. The third kappa shape index (κ3) is 4.06. The van der Waals surface area contributed by atoms with E-state index in [1.54, 1.807) is 33.0 Å². The van der Waals surface area contributed by atoms with Crippen molar-refractivity contribution >= 4 is 32.7 Å². The van der Waals surface area contributed by atoms with Gasteiger partial charge >= 0.3 is 0 Å². The molecule has 5 nitrogen and oxygen atoms in total. The number of sulfonamides is 1. The number of piperazine rings is 1. The molecule has 3 heterocycles. The van der Waals surface area contributed by atoms with Gasteiger partial charge in [0.25, 0.3) is 0 Å². The first-order chi connectivity index (χ1) is 13.4. The number of thiazole rings is 1. The second-order valence-electron chi connectivity index (χ2n) is 7.05. The van der Waals surface area contributed by atoms with Gasteiger partial charge in [-0.1, -0.05) is 23.8 Å². The van der Waals surface area contributed by atoms with E-state index in [9.17, 15) is 8.42 Å². The first-order valence-electron chi connectivity index (χ1n) is 9.21. The summed E-state index contributed by atoms with van der Waals surface area (Å²) in [6, 6.07) is 9.64. The molecule has 0 atom stereocenters. The zero-order valence-electron chi connectivity index (χ0n) is 16.0. The molecule has 28 heavy (non-hydrogen) atoms.